The van der Waals surface area contributed by atoms with E-state index in [-0.39, 0.29) is 12.5 Å². The van der Waals surface area contributed by atoms with Crippen LogP contribution in [0.5, 0.6) is 11.5 Å². The predicted octanol–water partition coefficient (Wildman–Crippen LogP) is 1.32. The van der Waals surface area contributed by atoms with Crippen molar-refractivity contribution in [3.63, 3.8) is 0 Å². The number of fused-ring (bicyclic) bond motifs is 1. The van der Waals surface area contributed by atoms with Crippen LogP contribution in [0.15, 0.2) is 18.2 Å². The molecule has 0 bridgehead atoms. The third-order valence-corrected chi connectivity index (χ3v) is 2.67. The van der Waals surface area contributed by atoms with Gasteiger partial charge < -0.3 is 20.3 Å². The lowest BCUT2D eigenvalue weighted by Gasteiger charge is -2.23. The first-order chi connectivity index (χ1) is 8.18. The molecule has 17 heavy (non-hydrogen) atoms. The summed E-state index contributed by atoms with van der Waals surface area (Å²) in [6.07, 6.45) is 0.431. The Morgan fingerprint density at radius 3 is 2.94 bits per heavy atom. The third kappa shape index (κ3) is 2.68. The van der Waals surface area contributed by atoms with Gasteiger partial charge in [0, 0.05) is 18.0 Å². The lowest BCUT2D eigenvalue weighted by atomic mass is 10.0. The Bertz CT molecular complexity index is 419. The van der Waals surface area contributed by atoms with E-state index in [1.54, 1.807) is 0 Å². The van der Waals surface area contributed by atoms with Crippen LogP contribution in [0.1, 0.15) is 24.4 Å². The summed E-state index contributed by atoms with van der Waals surface area (Å²) in [5.74, 6) is 0.485. The van der Waals surface area contributed by atoms with Gasteiger partial charge in [-0.1, -0.05) is 12.1 Å². The molecule has 0 aromatic heterocycles. The molecule has 0 radical (unpaired) electrons. The number of para-hydroxylation sites is 1. The molecular weight excluding hydrogens is 222 g/mol. The summed E-state index contributed by atoms with van der Waals surface area (Å²) in [6, 6.07) is 5.16. The second-order valence-corrected chi connectivity index (χ2v) is 3.91. The summed E-state index contributed by atoms with van der Waals surface area (Å²) in [7, 11) is 0. The summed E-state index contributed by atoms with van der Waals surface area (Å²) < 4.78 is 11.0. The van der Waals surface area contributed by atoms with E-state index in [2.05, 4.69) is 0 Å². The highest BCUT2D eigenvalue weighted by Gasteiger charge is 2.20. The number of aliphatic carboxylic acids is 1. The van der Waals surface area contributed by atoms with Crippen molar-refractivity contribution in [2.24, 2.45) is 5.73 Å². The molecule has 5 nitrogen and oxygen atoms in total. The molecule has 92 valence electrons. The lowest BCUT2D eigenvalue weighted by Crippen LogP contribution is -2.20. The number of benzene rings is 1. The quantitative estimate of drug-likeness (QED) is 0.825. The highest BCUT2D eigenvalue weighted by Crippen LogP contribution is 2.37. The Morgan fingerprint density at radius 1 is 1.41 bits per heavy atom. The van der Waals surface area contributed by atoms with Crippen LogP contribution in [0.3, 0.4) is 0 Å². The van der Waals surface area contributed by atoms with Gasteiger partial charge >= 0.3 is 5.97 Å². The summed E-state index contributed by atoms with van der Waals surface area (Å²) in [5, 5.41) is 8.64. The minimum Gasteiger partial charge on any atom is -0.486 e. The van der Waals surface area contributed by atoms with Gasteiger partial charge in [-0.05, 0) is 12.5 Å². The van der Waals surface area contributed by atoms with Crippen molar-refractivity contribution in [1.82, 2.24) is 0 Å². The molecule has 1 aliphatic rings. The van der Waals surface area contributed by atoms with Gasteiger partial charge in [-0.2, -0.15) is 0 Å². The minimum atomic E-state index is -0.845. The van der Waals surface area contributed by atoms with E-state index in [1.807, 2.05) is 18.2 Å². The topological polar surface area (TPSA) is 81.8 Å². The maximum atomic E-state index is 10.5. The highest BCUT2D eigenvalue weighted by molar-refractivity contribution is 5.66. The first-order valence-electron chi connectivity index (χ1n) is 5.54. The Morgan fingerprint density at radius 2 is 2.18 bits per heavy atom. The molecule has 1 aromatic carbocycles. The molecule has 0 spiro atoms. The van der Waals surface area contributed by atoms with Crippen LogP contribution in [0.25, 0.3) is 0 Å². The zero-order valence-electron chi connectivity index (χ0n) is 9.39. The molecule has 1 atom stereocenters. The van der Waals surface area contributed by atoms with E-state index in [1.165, 1.54) is 0 Å². The molecule has 0 saturated carbocycles. The number of ether oxygens (including phenoxy) is 2. The normalized spacial score (nSPS) is 15.4. The number of rotatable bonds is 4. The second-order valence-electron chi connectivity index (χ2n) is 3.91. The van der Waals surface area contributed by atoms with Crippen LogP contribution in [-0.2, 0) is 4.79 Å². The number of nitrogens with two attached hydrogens (primary N) is 1. The maximum absolute atomic E-state index is 10.5. The number of hydrogen-bond donors (Lipinski definition) is 2. The monoisotopic (exact) mass is 237 g/mol. The molecular formula is C12H15NO4. The van der Waals surface area contributed by atoms with Crippen LogP contribution in [-0.4, -0.2) is 24.3 Å². The zero-order chi connectivity index (χ0) is 12.3. The van der Waals surface area contributed by atoms with Crippen molar-refractivity contribution in [1.29, 1.82) is 0 Å². The Balaban J connectivity index is 2.17. The van der Waals surface area contributed by atoms with Crippen LogP contribution in [0, 0.1) is 0 Å². The molecule has 1 heterocycles. The minimum absolute atomic E-state index is 0.0473. The van der Waals surface area contributed by atoms with Crippen molar-refractivity contribution in [3.05, 3.63) is 23.8 Å². The average molecular weight is 237 g/mol. The number of carbonyl (C=O) groups is 1. The van der Waals surface area contributed by atoms with Crippen LogP contribution in [0.4, 0.5) is 0 Å². The maximum Gasteiger partial charge on any atom is 0.303 e. The van der Waals surface area contributed by atoms with Crippen molar-refractivity contribution < 1.29 is 19.4 Å². The van der Waals surface area contributed by atoms with Gasteiger partial charge in [-0.25, -0.2) is 0 Å². The van der Waals surface area contributed by atoms with Crippen LogP contribution in [0.2, 0.25) is 0 Å². The summed E-state index contributed by atoms with van der Waals surface area (Å²) in [6.45, 7) is 1.02. The molecule has 0 saturated heterocycles. The molecule has 3 N–H and O–H groups in total. The zero-order valence-corrected chi connectivity index (χ0v) is 9.39. The highest BCUT2D eigenvalue weighted by atomic mass is 16.6. The molecule has 5 heteroatoms. The SMILES string of the molecule is NC(CCC(=O)O)c1cccc2c1OCCO2. The van der Waals surface area contributed by atoms with Crippen molar-refractivity contribution in [3.8, 4) is 11.5 Å². The average Bonchev–Trinajstić information content (AvgIpc) is 2.35. The van der Waals surface area contributed by atoms with E-state index in [9.17, 15) is 4.79 Å². The van der Waals surface area contributed by atoms with Gasteiger partial charge in [0.05, 0.1) is 0 Å². The first-order valence-corrected chi connectivity index (χ1v) is 5.54. The Hall–Kier alpha value is -1.75. The Labute approximate surface area is 99.1 Å². The van der Waals surface area contributed by atoms with Crippen molar-refractivity contribution in [2.45, 2.75) is 18.9 Å². The molecule has 0 fully saturated rings. The number of hydrogen-bond acceptors (Lipinski definition) is 4. The fraction of sp³-hybridized carbons (Fsp3) is 0.417. The largest absolute Gasteiger partial charge is 0.486 e. The molecule has 0 amide bonds. The molecule has 0 aliphatic carbocycles. The fourth-order valence-corrected chi connectivity index (χ4v) is 1.82. The molecule has 1 aliphatic heterocycles. The molecule has 1 unspecified atom stereocenters. The molecule has 2 rings (SSSR count). The van der Waals surface area contributed by atoms with Crippen LogP contribution < -0.4 is 15.2 Å². The van der Waals surface area contributed by atoms with Gasteiger partial charge in [0.25, 0.3) is 0 Å². The van der Waals surface area contributed by atoms with Gasteiger partial charge in [0.2, 0.25) is 0 Å². The number of carboxylic acid groups (broad SMARTS) is 1. The van der Waals surface area contributed by atoms with Gasteiger partial charge in [0.15, 0.2) is 11.5 Å². The van der Waals surface area contributed by atoms with Gasteiger partial charge in [-0.15, -0.1) is 0 Å². The van der Waals surface area contributed by atoms with E-state index in [0.717, 1.165) is 5.56 Å². The van der Waals surface area contributed by atoms with Gasteiger partial charge in [-0.3, -0.25) is 4.79 Å². The van der Waals surface area contributed by atoms with E-state index in [4.69, 9.17) is 20.3 Å². The van der Waals surface area contributed by atoms with Gasteiger partial charge in [0.1, 0.15) is 13.2 Å². The van der Waals surface area contributed by atoms with Crippen molar-refractivity contribution in [2.75, 3.05) is 13.2 Å². The number of carboxylic acids is 1. The molecule has 1 aromatic rings. The summed E-state index contributed by atoms with van der Waals surface area (Å²) in [4.78, 5) is 10.5. The lowest BCUT2D eigenvalue weighted by molar-refractivity contribution is -0.137. The van der Waals surface area contributed by atoms with E-state index < -0.39 is 5.97 Å². The van der Waals surface area contributed by atoms with Crippen molar-refractivity contribution >= 4 is 5.97 Å². The smallest absolute Gasteiger partial charge is 0.303 e. The Kier molecular flexibility index (Phi) is 3.49. The first kappa shape index (κ1) is 11.7. The van der Waals surface area contributed by atoms with E-state index >= 15 is 0 Å². The van der Waals surface area contributed by atoms with E-state index in [0.29, 0.717) is 31.1 Å². The predicted molar refractivity (Wildman–Crippen MR) is 61.2 cm³/mol. The van der Waals surface area contributed by atoms with Crippen LogP contribution >= 0.6 is 0 Å². The summed E-state index contributed by atoms with van der Waals surface area (Å²) >= 11 is 0. The second kappa shape index (κ2) is 5.05. The fourth-order valence-electron chi connectivity index (χ4n) is 1.82. The standard InChI is InChI=1S/C12H15NO4/c13-9(4-5-11(14)15)8-2-1-3-10-12(8)17-7-6-16-10/h1-3,9H,4-7,13H2,(H,14,15). The summed E-state index contributed by atoms with van der Waals surface area (Å²) in [5.41, 5.74) is 6.78. The third-order valence-electron chi connectivity index (χ3n) is 2.67.